The van der Waals surface area contributed by atoms with Gasteiger partial charge in [-0.2, -0.15) is 0 Å². The highest BCUT2D eigenvalue weighted by molar-refractivity contribution is 5.83. The largest absolute Gasteiger partial charge is 0.480 e. The molecule has 0 aromatic rings. The van der Waals surface area contributed by atoms with Crippen LogP contribution in [0.4, 0.5) is 0 Å². The summed E-state index contributed by atoms with van der Waals surface area (Å²) in [6.07, 6.45) is 6.82. The zero-order chi connectivity index (χ0) is 27.2. The molecule has 2 aliphatic rings. The van der Waals surface area contributed by atoms with Crippen molar-refractivity contribution in [3.8, 4) is 0 Å². The molecule has 0 radical (unpaired) electrons. The summed E-state index contributed by atoms with van der Waals surface area (Å²) in [6.45, 7) is 11.4. The molecule has 8 atom stereocenters. The molecule has 2 aliphatic carbocycles. The van der Waals surface area contributed by atoms with Gasteiger partial charge in [-0.05, 0) is 76.2 Å². The number of carboxylic acid groups (broad SMARTS) is 1. The van der Waals surface area contributed by atoms with E-state index in [1.165, 1.54) is 12.5 Å². The number of esters is 1. The van der Waals surface area contributed by atoms with Gasteiger partial charge in [-0.1, -0.05) is 39.0 Å². The zero-order valence-corrected chi connectivity index (χ0v) is 22.6. The lowest BCUT2D eigenvalue weighted by Crippen LogP contribution is -2.43. The Labute approximate surface area is 215 Å². The van der Waals surface area contributed by atoms with Gasteiger partial charge in [0.15, 0.2) is 0 Å². The lowest BCUT2D eigenvalue weighted by Gasteiger charge is -2.44. The van der Waals surface area contributed by atoms with E-state index in [9.17, 15) is 24.6 Å². The molecule has 1 unspecified atom stereocenters. The fraction of sp³-hybridized carbons (Fsp3) is 0.750. The average Bonchev–Trinajstić information content (AvgIpc) is 2.77. The number of allylic oxidation sites excluding steroid dienone is 3. The van der Waals surface area contributed by atoms with E-state index < -0.39 is 35.5 Å². The first kappa shape index (κ1) is 30.0. The minimum Gasteiger partial charge on any atom is -0.480 e. The molecule has 0 saturated heterocycles. The van der Waals surface area contributed by atoms with Crippen LogP contribution in [0.25, 0.3) is 0 Å². The monoisotopic (exact) mass is 507 g/mol. The number of fused-ring (bicyclic) bond motifs is 1. The van der Waals surface area contributed by atoms with Crippen LogP contribution in [0.5, 0.6) is 0 Å². The molecule has 2 rings (SSSR count). The summed E-state index contributed by atoms with van der Waals surface area (Å²) in [6, 6.07) is -1.04. The Kier molecular flexibility index (Phi) is 10.7. The van der Waals surface area contributed by atoms with Crippen molar-refractivity contribution >= 4 is 17.8 Å². The standard InChI is InChI=1S/C28H45NO7/c1-7-28(5,6)27(35)36-23-13-16(2)12-19-9-8-17(3)22(25(19)23)11-10-20(30)14-21(31)15-24(32)29-18(4)26(33)34/h8-9,12,16-18,20-23,25,30-31H,7,10-11,13-15H2,1-6H3,(H,29,32)(H,33,34)/t16-,17-,18+,20+,21+,22-,23-,25?/m0/s1. The Morgan fingerprint density at radius 3 is 2.47 bits per heavy atom. The van der Waals surface area contributed by atoms with E-state index in [2.05, 4.69) is 37.4 Å². The Morgan fingerprint density at radius 2 is 1.86 bits per heavy atom. The molecule has 0 heterocycles. The maximum absolute atomic E-state index is 12.9. The van der Waals surface area contributed by atoms with Crippen LogP contribution in [0.1, 0.15) is 80.1 Å². The predicted octanol–water partition coefficient (Wildman–Crippen LogP) is 3.61. The lowest BCUT2D eigenvalue weighted by molar-refractivity contribution is -0.164. The Balaban J connectivity index is 2.02. The molecule has 36 heavy (non-hydrogen) atoms. The van der Waals surface area contributed by atoms with Crippen LogP contribution in [0.3, 0.4) is 0 Å². The highest BCUT2D eigenvalue weighted by Gasteiger charge is 2.42. The molecular formula is C28H45NO7. The molecule has 0 aromatic carbocycles. The van der Waals surface area contributed by atoms with E-state index in [0.29, 0.717) is 25.2 Å². The van der Waals surface area contributed by atoms with Gasteiger partial charge in [0, 0.05) is 5.92 Å². The third-order valence-electron chi connectivity index (χ3n) is 7.84. The van der Waals surface area contributed by atoms with Crippen LogP contribution in [0.2, 0.25) is 0 Å². The summed E-state index contributed by atoms with van der Waals surface area (Å²) in [4.78, 5) is 35.7. The van der Waals surface area contributed by atoms with Gasteiger partial charge in [0.1, 0.15) is 12.1 Å². The number of carbonyl (C=O) groups is 3. The van der Waals surface area contributed by atoms with Gasteiger partial charge in [0.05, 0.1) is 24.0 Å². The van der Waals surface area contributed by atoms with Gasteiger partial charge in [-0.3, -0.25) is 14.4 Å². The molecule has 8 heteroatoms. The molecule has 0 saturated carbocycles. The minimum absolute atomic E-state index is 0.0271. The van der Waals surface area contributed by atoms with Crippen LogP contribution in [0.15, 0.2) is 23.8 Å². The van der Waals surface area contributed by atoms with E-state index in [0.717, 1.165) is 6.42 Å². The van der Waals surface area contributed by atoms with Crippen molar-refractivity contribution in [1.82, 2.24) is 5.32 Å². The van der Waals surface area contributed by atoms with Crippen LogP contribution in [-0.2, 0) is 19.1 Å². The van der Waals surface area contributed by atoms with Crippen molar-refractivity contribution in [2.24, 2.45) is 29.1 Å². The number of carbonyl (C=O) groups excluding carboxylic acids is 2. The number of aliphatic hydroxyl groups is 2. The van der Waals surface area contributed by atoms with Crippen LogP contribution in [-0.4, -0.2) is 57.5 Å². The second-order valence-electron chi connectivity index (χ2n) is 11.4. The Morgan fingerprint density at radius 1 is 1.19 bits per heavy atom. The molecule has 0 spiro atoms. The van der Waals surface area contributed by atoms with E-state index in [-0.39, 0.29) is 42.7 Å². The van der Waals surface area contributed by atoms with Crippen molar-refractivity contribution in [1.29, 1.82) is 0 Å². The summed E-state index contributed by atoms with van der Waals surface area (Å²) >= 11 is 0. The number of nitrogens with one attached hydrogen (secondary N) is 1. The van der Waals surface area contributed by atoms with E-state index in [4.69, 9.17) is 9.84 Å². The summed E-state index contributed by atoms with van der Waals surface area (Å²) in [5.74, 6) is -1.14. The number of hydrogen-bond donors (Lipinski definition) is 4. The van der Waals surface area contributed by atoms with Gasteiger partial charge in [0.2, 0.25) is 5.91 Å². The van der Waals surface area contributed by atoms with Gasteiger partial charge >= 0.3 is 11.9 Å². The van der Waals surface area contributed by atoms with Crippen molar-refractivity contribution in [2.45, 2.75) is 104 Å². The second kappa shape index (κ2) is 12.9. The maximum atomic E-state index is 12.9. The molecule has 4 N–H and O–H groups in total. The highest BCUT2D eigenvalue weighted by atomic mass is 16.5. The van der Waals surface area contributed by atoms with Crippen molar-refractivity contribution < 1.29 is 34.4 Å². The van der Waals surface area contributed by atoms with Gasteiger partial charge in [0.25, 0.3) is 0 Å². The molecule has 0 aliphatic heterocycles. The molecule has 1 amide bonds. The Hall–Kier alpha value is -2.19. The quantitative estimate of drug-likeness (QED) is 0.297. The molecular weight excluding hydrogens is 462 g/mol. The van der Waals surface area contributed by atoms with Crippen LogP contribution >= 0.6 is 0 Å². The van der Waals surface area contributed by atoms with Crippen molar-refractivity contribution in [2.75, 3.05) is 0 Å². The fourth-order valence-corrected chi connectivity index (χ4v) is 5.14. The number of ether oxygens (including phenoxy) is 1. The molecule has 204 valence electrons. The summed E-state index contributed by atoms with van der Waals surface area (Å²) in [5.41, 5.74) is 0.638. The van der Waals surface area contributed by atoms with Crippen molar-refractivity contribution in [3.63, 3.8) is 0 Å². The first-order valence-corrected chi connectivity index (χ1v) is 13.2. The van der Waals surface area contributed by atoms with Crippen LogP contribution in [0, 0.1) is 29.1 Å². The highest BCUT2D eigenvalue weighted by Crippen LogP contribution is 2.45. The molecule has 0 fully saturated rings. The molecule has 8 nitrogen and oxygen atoms in total. The number of carboxylic acids is 1. The zero-order valence-electron chi connectivity index (χ0n) is 22.6. The number of amides is 1. The molecule has 0 aromatic heterocycles. The summed E-state index contributed by atoms with van der Waals surface area (Å²) in [7, 11) is 0. The van der Waals surface area contributed by atoms with Gasteiger partial charge in [-0.25, -0.2) is 0 Å². The average molecular weight is 508 g/mol. The van der Waals surface area contributed by atoms with E-state index in [1.807, 2.05) is 20.8 Å². The number of hydrogen-bond acceptors (Lipinski definition) is 6. The first-order chi connectivity index (χ1) is 16.7. The van der Waals surface area contributed by atoms with Crippen molar-refractivity contribution in [3.05, 3.63) is 23.8 Å². The topological polar surface area (TPSA) is 133 Å². The fourth-order valence-electron chi connectivity index (χ4n) is 5.14. The molecule has 0 bridgehead atoms. The Bertz CT molecular complexity index is 849. The predicted molar refractivity (Wildman–Crippen MR) is 137 cm³/mol. The number of rotatable bonds is 12. The SMILES string of the molecule is CCC(C)(C)C(=O)O[C@H]1C[C@@H](C)C=C2C=C[C@H](C)[C@H](CC[C@@H](O)C[C@@H](O)CC(=O)N[C@H](C)C(=O)O)C21. The third kappa shape index (κ3) is 8.17. The normalized spacial score (nSPS) is 28.3. The van der Waals surface area contributed by atoms with E-state index >= 15 is 0 Å². The summed E-state index contributed by atoms with van der Waals surface area (Å²) in [5, 5.41) is 32.0. The third-order valence-corrected chi connectivity index (χ3v) is 7.84. The van der Waals surface area contributed by atoms with E-state index in [1.54, 1.807) is 0 Å². The van der Waals surface area contributed by atoms with Gasteiger partial charge < -0.3 is 25.4 Å². The summed E-state index contributed by atoms with van der Waals surface area (Å²) < 4.78 is 6.13. The number of aliphatic hydroxyl groups excluding tert-OH is 2. The smallest absolute Gasteiger partial charge is 0.325 e. The first-order valence-electron chi connectivity index (χ1n) is 13.2. The lowest BCUT2D eigenvalue weighted by atomic mass is 9.65. The van der Waals surface area contributed by atoms with Crippen LogP contribution < -0.4 is 5.32 Å². The second-order valence-corrected chi connectivity index (χ2v) is 11.4. The minimum atomic E-state index is -1.15. The van der Waals surface area contributed by atoms with Gasteiger partial charge in [-0.15, -0.1) is 0 Å². The maximum Gasteiger partial charge on any atom is 0.325 e. The number of aliphatic carboxylic acids is 1.